The summed E-state index contributed by atoms with van der Waals surface area (Å²) >= 11 is 1.43. The summed E-state index contributed by atoms with van der Waals surface area (Å²) in [6.07, 6.45) is 0.183. The first-order valence-corrected chi connectivity index (χ1v) is 9.74. The summed E-state index contributed by atoms with van der Waals surface area (Å²) in [7, 11) is 0. The van der Waals surface area contributed by atoms with Gasteiger partial charge in [0.05, 0.1) is 12.5 Å². The Morgan fingerprint density at radius 3 is 2.48 bits per heavy atom. The summed E-state index contributed by atoms with van der Waals surface area (Å²) in [5.74, 6) is -0.552. The number of carbonyl (C=O) groups is 2. The smallest absolute Gasteiger partial charge is 0.307 e. The van der Waals surface area contributed by atoms with Crippen LogP contribution in [0.4, 0.5) is 4.39 Å². The number of benzene rings is 2. The molecule has 144 valence electrons. The molecule has 2 rings (SSSR count). The first kappa shape index (κ1) is 21.0. The molecule has 0 aliphatic heterocycles. The SMILES string of the molecule is Cc1ccc([C@@H](C)NC(=O)COC(=O)CCSc2ccc(F)cc2)cc1C. The molecule has 0 fully saturated rings. The topological polar surface area (TPSA) is 55.4 Å². The van der Waals surface area contributed by atoms with Gasteiger partial charge < -0.3 is 10.1 Å². The van der Waals surface area contributed by atoms with Crippen molar-refractivity contribution in [2.45, 2.75) is 38.1 Å². The van der Waals surface area contributed by atoms with Crippen LogP contribution in [0.1, 0.15) is 36.1 Å². The van der Waals surface area contributed by atoms with Crippen molar-refractivity contribution in [2.75, 3.05) is 12.4 Å². The van der Waals surface area contributed by atoms with Gasteiger partial charge in [-0.25, -0.2) is 4.39 Å². The lowest BCUT2D eigenvalue weighted by Crippen LogP contribution is -2.31. The number of carbonyl (C=O) groups excluding carboxylic acids is 2. The van der Waals surface area contributed by atoms with E-state index < -0.39 is 5.97 Å². The average Bonchev–Trinajstić information content (AvgIpc) is 2.64. The number of ether oxygens (including phenoxy) is 1. The van der Waals surface area contributed by atoms with Crippen LogP contribution in [0.25, 0.3) is 0 Å². The molecule has 0 bridgehead atoms. The molecule has 0 aromatic heterocycles. The fourth-order valence-corrected chi connectivity index (χ4v) is 3.23. The quantitative estimate of drug-likeness (QED) is 0.539. The molecule has 1 amide bonds. The molecule has 6 heteroatoms. The second-order valence-corrected chi connectivity index (χ2v) is 7.51. The predicted octanol–water partition coefficient (Wildman–Crippen LogP) is 4.35. The third kappa shape index (κ3) is 7.06. The maximum absolute atomic E-state index is 12.8. The number of amides is 1. The minimum atomic E-state index is -0.432. The molecule has 27 heavy (non-hydrogen) atoms. The lowest BCUT2D eigenvalue weighted by molar-refractivity contribution is -0.148. The minimum Gasteiger partial charge on any atom is -0.456 e. The minimum absolute atomic E-state index is 0.162. The molecular formula is C21H24FNO3S. The molecule has 0 aliphatic rings. The zero-order valence-corrected chi connectivity index (χ0v) is 16.6. The van der Waals surface area contributed by atoms with Crippen LogP contribution < -0.4 is 5.32 Å². The number of halogens is 1. The molecule has 0 spiro atoms. The molecule has 0 aliphatic carbocycles. The Labute approximate surface area is 163 Å². The van der Waals surface area contributed by atoms with Gasteiger partial charge >= 0.3 is 5.97 Å². The summed E-state index contributed by atoms with van der Waals surface area (Å²) in [6, 6.07) is 11.9. The van der Waals surface area contributed by atoms with Crippen molar-refractivity contribution in [2.24, 2.45) is 0 Å². The highest BCUT2D eigenvalue weighted by Gasteiger charge is 2.12. The Kier molecular flexibility index (Phi) is 7.85. The second-order valence-electron chi connectivity index (χ2n) is 6.35. The molecule has 2 aromatic carbocycles. The van der Waals surface area contributed by atoms with Crippen molar-refractivity contribution < 1.29 is 18.7 Å². The molecule has 0 radical (unpaired) electrons. The lowest BCUT2D eigenvalue weighted by Gasteiger charge is -2.15. The summed E-state index contributed by atoms with van der Waals surface area (Å²) in [5, 5.41) is 2.83. The van der Waals surface area contributed by atoms with E-state index in [0.717, 1.165) is 10.5 Å². The van der Waals surface area contributed by atoms with E-state index in [4.69, 9.17) is 4.74 Å². The molecule has 1 atom stereocenters. The summed E-state index contributed by atoms with van der Waals surface area (Å²) in [4.78, 5) is 24.6. The van der Waals surface area contributed by atoms with E-state index in [-0.39, 0.29) is 30.8 Å². The van der Waals surface area contributed by atoms with E-state index in [1.165, 1.54) is 35.0 Å². The summed E-state index contributed by atoms with van der Waals surface area (Å²) < 4.78 is 17.8. The van der Waals surface area contributed by atoms with Gasteiger partial charge in [-0.2, -0.15) is 0 Å². The molecule has 4 nitrogen and oxygen atoms in total. The first-order chi connectivity index (χ1) is 12.8. The van der Waals surface area contributed by atoms with Gasteiger partial charge in [-0.3, -0.25) is 9.59 Å². The number of hydrogen-bond acceptors (Lipinski definition) is 4. The van der Waals surface area contributed by atoms with Crippen LogP contribution >= 0.6 is 11.8 Å². The molecule has 0 unspecified atom stereocenters. The molecule has 0 heterocycles. The fraction of sp³-hybridized carbons (Fsp3) is 0.333. The van der Waals surface area contributed by atoms with E-state index in [2.05, 4.69) is 5.32 Å². The third-order valence-corrected chi connectivity index (χ3v) is 5.18. The molecule has 0 saturated carbocycles. The van der Waals surface area contributed by atoms with Crippen LogP contribution in [0.15, 0.2) is 47.4 Å². The zero-order valence-electron chi connectivity index (χ0n) is 15.8. The van der Waals surface area contributed by atoms with E-state index in [1.54, 1.807) is 12.1 Å². The average molecular weight is 389 g/mol. The van der Waals surface area contributed by atoms with Gasteiger partial charge in [0.1, 0.15) is 5.82 Å². The van der Waals surface area contributed by atoms with Crippen LogP contribution in [0, 0.1) is 19.7 Å². The second kappa shape index (κ2) is 10.1. The Morgan fingerprint density at radius 1 is 1.11 bits per heavy atom. The molecular weight excluding hydrogens is 365 g/mol. The largest absolute Gasteiger partial charge is 0.456 e. The van der Waals surface area contributed by atoms with E-state index in [0.29, 0.717) is 5.75 Å². The van der Waals surface area contributed by atoms with Crippen LogP contribution in [0.2, 0.25) is 0 Å². The number of thioether (sulfide) groups is 1. The van der Waals surface area contributed by atoms with E-state index in [9.17, 15) is 14.0 Å². The van der Waals surface area contributed by atoms with Crippen LogP contribution in [0.3, 0.4) is 0 Å². The Bertz CT molecular complexity index is 793. The van der Waals surface area contributed by atoms with Gasteiger partial charge in [0.25, 0.3) is 5.91 Å². The number of nitrogens with one attached hydrogen (secondary N) is 1. The highest BCUT2D eigenvalue weighted by Crippen LogP contribution is 2.19. The number of aryl methyl sites for hydroxylation is 2. The number of rotatable bonds is 8. The zero-order chi connectivity index (χ0) is 19.8. The highest BCUT2D eigenvalue weighted by molar-refractivity contribution is 7.99. The first-order valence-electron chi connectivity index (χ1n) is 8.75. The predicted molar refractivity (Wildman–Crippen MR) is 105 cm³/mol. The van der Waals surface area contributed by atoms with Crippen molar-refractivity contribution in [3.8, 4) is 0 Å². The maximum atomic E-state index is 12.8. The highest BCUT2D eigenvalue weighted by atomic mass is 32.2. The van der Waals surface area contributed by atoms with Gasteiger partial charge in [-0.05, 0) is 61.7 Å². The lowest BCUT2D eigenvalue weighted by atomic mass is 10.0. The van der Waals surface area contributed by atoms with Gasteiger partial charge in [0.2, 0.25) is 0 Å². The third-order valence-electron chi connectivity index (χ3n) is 4.16. The van der Waals surface area contributed by atoms with Crippen LogP contribution in [0.5, 0.6) is 0 Å². The monoisotopic (exact) mass is 389 g/mol. The number of esters is 1. The van der Waals surface area contributed by atoms with Crippen molar-refractivity contribution in [1.29, 1.82) is 0 Å². The van der Waals surface area contributed by atoms with Crippen molar-refractivity contribution in [1.82, 2.24) is 5.32 Å². The van der Waals surface area contributed by atoms with Gasteiger partial charge in [0.15, 0.2) is 6.61 Å². The number of hydrogen-bond donors (Lipinski definition) is 1. The van der Waals surface area contributed by atoms with E-state index >= 15 is 0 Å². The van der Waals surface area contributed by atoms with Crippen molar-refractivity contribution in [3.05, 3.63) is 65.0 Å². The van der Waals surface area contributed by atoms with Crippen LogP contribution in [-0.2, 0) is 14.3 Å². The van der Waals surface area contributed by atoms with Gasteiger partial charge in [-0.1, -0.05) is 18.2 Å². The van der Waals surface area contributed by atoms with Crippen molar-refractivity contribution >= 4 is 23.6 Å². The molecule has 0 saturated heterocycles. The standard InChI is InChI=1S/C21H24FNO3S/c1-14-4-5-17(12-15(14)2)16(3)23-20(24)13-26-21(25)10-11-27-19-8-6-18(22)7-9-19/h4-9,12,16H,10-11,13H2,1-3H3,(H,23,24)/t16-/m1/s1. The summed E-state index contributed by atoms with van der Waals surface area (Å²) in [6.45, 7) is 5.66. The molecule has 2 aromatic rings. The maximum Gasteiger partial charge on any atom is 0.307 e. The molecule has 1 N–H and O–H groups in total. The van der Waals surface area contributed by atoms with Crippen molar-refractivity contribution in [3.63, 3.8) is 0 Å². The fourth-order valence-electron chi connectivity index (χ4n) is 2.40. The summed E-state index contributed by atoms with van der Waals surface area (Å²) in [5.41, 5.74) is 3.37. The van der Waals surface area contributed by atoms with Crippen LogP contribution in [-0.4, -0.2) is 24.2 Å². The Morgan fingerprint density at radius 2 is 1.81 bits per heavy atom. The Balaban J connectivity index is 1.68. The van der Waals surface area contributed by atoms with E-state index in [1.807, 2.05) is 39.0 Å². The van der Waals surface area contributed by atoms with Gasteiger partial charge in [0, 0.05) is 10.6 Å². The normalized spacial score (nSPS) is 11.7. The van der Waals surface area contributed by atoms with Gasteiger partial charge in [-0.15, -0.1) is 11.8 Å². The Hall–Kier alpha value is -2.34.